The molecular formula is C19H17ClN2O2S. The van der Waals surface area contributed by atoms with Gasteiger partial charge in [0.05, 0.1) is 11.3 Å². The van der Waals surface area contributed by atoms with Crippen molar-refractivity contribution >= 4 is 46.0 Å². The molecule has 2 aromatic rings. The van der Waals surface area contributed by atoms with Gasteiger partial charge < -0.3 is 4.90 Å². The van der Waals surface area contributed by atoms with Gasteiger partial charge in [-0.25, -0.2) is 4.90 Å². The SMILES string of the molecule is Cc1c(Cl)cccc1N1C(=O)C(c2cccs2)=C(N2CCCC2)C1=O. The van der Waals surface area contributed by atoms with E-state index in [-0.39, 0.29) is 11.8 Å². The second-order valence-corrected chi connectivity index (χ2v) is 7.58. The molecular weight excluding hydrogens is 356 g/mol. The van der Waals surface area contributed by atoms with Gasteiger partial charge in [-0.3, -0.25) is 9.59 Å². The van der Waals surface area contributed by atoms with E-state index in [2.05, 4.69) is 4.90 Å². The number of anilines is 1. The van der Waals surface area contributed by atoms with E-state index in [1.54, 1.807) is 18.2 Å². The molecule has 1 saturated heterocycles. The number of nitrogens with zero attached hydrogens (tertiary/aromatic N) is 2. The van der Waals surface area contributed by atoms with E-state index in [4.69, 9.17) is 11.6 Å². The van der Waals surface area contributed by atoms with Crippen LogP contribution in [0.4, 0.5) is 5.69 Å². The predicted octanol–water partition coefficient (Wildman–Crippen LogP) is 4.09. The van der Waals surface area contributed by atoms with Crippen LogP contribution in [0.3, 0.4) is 0 Å². The second kappa shape index (κ2) is 6.32. The minimum Gasteiger partial charge on any atom is -0.366 e. The maximum Gasteiger partial charge on any atom is 0.282 e. The molecule has 4 rings (SSSR count). The summed E-state index contributed by atoms with van der Waals surface area (Å²) >= 11 is 7.70. The number of likely N-dealkylation sites (tertiary alicyclic amines) is 1. The molecule has 0 unspecified atom stereocenters. The lowest BCUT2D eigenvalue weighted by molar-refractivity contribution is -0.120. The Balaban J connectivity index is 1.86. The van der Waals surface area contributed by atoms with E-state index >= 15 is 0 Å². The highest BCUT2D eigenvalue weighted by Gasteiger charge is 2.43. The first-order chi connectivity index (χ1) is 12.1. The van der Waals surface area contributed by atoms with Crippen molar-refractivity contribution in [2.75, 3.05) is 18.0 Å². The Bertz CT molecular complexity index is 883. The van der Waals surface area contributed by atoms with Crippen LogP contribution in [-0.2, 0) is 9.59 Å². The number of hydrogen-bond donors (Lipinski definition) is 0. The molecule has 0 N–H and O–H groups in total. The van der Waals surface area contributed by atoms with Crippen molar-refractivity contribution in [2.24, 2.45) is 0 Å². The molecule has 2 amide bonds. The lowest BCUT2D eigenvalue weighted by Crippen LogP contribution is -2.35. The average molecular weight is 373 g/mol. The summed E-state index contributed by atoms with van der Waals surface area (Å²) in [5, 5.41) is 2.47. The molecule has 2 aliphatic rings. The number of carbonyl (C=O) groups excluding carboxylic acids is 2. The van der Waals surface area contributed by atoms with Crippen molar-refractivity contribution in [3.8, 4) is 0 Å². The maximum absolute atomic E-state index is 13.2. The van der Waals surface area contributed by atoms with Gasteiger partial charge in [0.2, 0.25) is 0 Å². The van der Waals surface area contributed by atoms with Crippen LogP contribution in [0.5, 0.6) is 0 Å². The third-order valence-electron chi connectivity index (χ3n) is 4.73. The minimum atomic E-state index is -0.264. The van der Waals surface area contributed by atoms with Crippen molar-refractivity contribution in [2.45, 2.75) is 19.8 Å². The number of carbonyl (C=O) groups is 2. The molecule has 1 aromatic heterocycles. The molecule has 25 heavy (non-hydrogen) atoms. The van der Waals surface area contributed by atoms with Gasteiger partial charge in [0.15, 0.2) is 0 Å². The first kappa shape index (κ1) is 16.4. The third kappa shape index (κ3) is 2.58. The van der Waals surface area contributed by atoms with Crippen LogP contribution in [0.15, 0.2) is 41.4 Å². The van der Waals surface area contributed by atoms with Crippen LogP contribution in [0, 0.1) is 6.92 Å². The van der Waals surface area contributed by atoms with Gasteiger partial charge in [-0.05, 0) is 48.9 Å². The smallest absolute Gasteiger partial charge is 0.282 e. The lowest BCUT2D eigenvalue weighted by atomic mass is 10.1. The van der Waals surface area contributed by atoms with Gasteiger partial charge in [-0.2, -0.15) is 0 Å². The van der Waals surface area contributed by atoms with Crippen LogP contribution in [0.2, 0.25) is 5.02 Å². The van der Waals surface area contributed by atoms with Crippen molar-refractivity contribution in [1.29, 1.82) is 0 Å². The summed E-state index contributed by atoms with van der Waals surface area (Å²) in [6.07, 6.45) is 2.08. The third-order valence-corrected chi connectivity index (χ3v) is 6.03. The lowest BCUT2D eigenvalue weighted by Gasteiger charge is -2.21. The quantitative estimate of drug-likeness (QED) is 0.762. The number of thiophene rings is 1. The number of benzene rings is 1. The van der Waals surface area contributed by atoms with Crippen LogP contribution in [0.1, 0.15) is 23.3 Å². The molecule has 6 heteroatoms. The van der Waals surface area contributed by atoms with E-state index in [0.29, 0.717) is 22.0 Å². The van der Waals surface area contributed by atoms with Crippen molar-refractivity contribution in [1.82, 2.24) is 4.90 Å². The summed E-state index contributed by atoms with van der Waals surface area (Å²) in [5.41, 5.74) is 2.34. The van der Waals surface area contributed by atoms with Crippen molar-refractivity contribution in [3.05, 3.63) is 56.9 Å². The summed E-state index contributed by atoms with van der Waals surface area (Å²) in [5.74, 6) is -0.514. The molecule has 2 aliphatic heterocycles. The molecule has 4 nitrogen and oxygen atoms in total. The standard InChI is InChI=1S/C19H17ClN2O2S/c1-12-13(20)6-4-7-14(12)22-18(23)16(15-8-5-11-25-15)17(19(22)24)21-9-2-3-10-21/h4-8,11H,2-3,9-10H2,1H3. The van der Waals surface area contributed by atoms with Gasteiger partial charge in [0.1, 0.15) is 5.70 Å². The fourth-order valence-corrected chi connectivity index (χ4v) is 4.38. The molecule has 3 heterocycles. The molecule has 0 radical (unpaired) electrons. The Morgan fingerprint density at radius 1 is 1.04 bits per heavy atom. The Labute approximate surface area is 155 Å². The molecule has 0 atom stereocenters. The van der Waals surface area contributed by atoms with E-state index < -0.39 is 0 Å². The van der Waals surface area contributed by atoms with Crippen molar-refractivity contribution in [3.63, 3.8) is 0 Å². The molecule has 0 saturated carbocycles. The summed E-state index contributed by atoms with van der Waals surface area (Å²) in [6.45, 7) is 3.45. The highest BCUT2D eigenvalue weighted by Crippen LogP contribution is 2.39. The zero-order valence-corrected chi connectivity index (χ0v) is 15.4. The highest BCUT2D eigenvalue weighted by molar-refractivity contribution is 7.11. The fourth-order valence-electron chi connectivity index (χ4n) is 3.45. The van der Waals surface area contributed by atoms with E-state index in [1.165, 1.54) is 16.2 Å². The van der Waals surface area contributed by atoms with Gasteiger partial charge in [-0.15, -0.1) is 11.3 Å². The van der Waals surface area contributed by atoms with E-state index in [1.807, 2.05) is 24.4 Å². The van der Waals surface area contributed by atoms with Gasteiger partial charge >= 0.3 is 0 Å². The number of halogens is 1. The summed E-state index contributed by atoms with van der Waals surface area (Å²) in [6, 6.07) is 9.11. The topological polar surface area (TPSA) is 40.6 Å². The Kier molecular flexibility index (Phi) is 4.13. The zero-order chi connectivity index (χ0) is 17.6. The molecule has 1 aromatic carbocycles. The first-order valence-corrected chi connectivity index (χ1v) is 9.52. The van der Waals surface area contributed by atoms with Crippen LogP contribution in [-0.4, -0.2) is 29.8 Å². The maximum atomic E-state index is 13.2. The van der Waals surface area contributed by atoms with Gasteiger partial charge in [-0.1, -0.05) is 23.7 Å². The minimum absolute atomic E-state index is 0.249. The first-order valence-electron chi connectivity index (χ1n) is 8.26. The van der Waals surface area contributed by atoms with E-state index in [0.717, 1.165) is 36.4 Å². The molecule has 128 valence electrons. The highest BCUT2D eigenvalue weighted by atomic mass is 35.5. The summed E-state index contributed by atoms with van der Waals surface area (Å²) in [4.78, 5) is 30.6. The largest absolute Gasteiger partial charge is 0.366 e. The summed E-state index contributed by atoms with van der Waals surface area (Å²) < 4.78 is 0. The summed E-state index contributed by atoms with van der Waals surface area (Å²) in [7, 11) is 0. The van der Waals surface area contributed by atoms with Crippen LogP contribution in [0.25, 0.3) is 5.57 Å². The Morgan fingerprint density at radius 2 is 1.80 bits per heavy atom. The number of amides is 2. The average Bonchev–Trinajstić information content (AvgIpc) is 3.32. The van der Waals surface area contributed by atoms with Gasteiger partial charge in [0, 0.05) is 23.0 Å². The van der Waals surface area contributed by atoms with Crippen LogP contribution < -0.4 is 4.90 Å². The zero-order valence-electron chi connectivity index (χ0n) is 13.8. The Hall–Kier alpha value is -2.11. The van der Waals surface area contributed by atoms with E-state index in [9.17, 15) is 9.59 Å². The fraction of sp³-hybridized carbons (Fsp3) is 0.263. The number of imide groups is 1. The number of hydrogen-bond acceptors (Lipinski definition) is 4. The van der Waals surface area contributed by atoms with Crippen molar-refractivity contribution < 1.29 is 9.59 Å². The molecule has 0 aliphatic carbocycles. The number of rotatable bonds is 3. The molecule has 0 spiro atoms. The molecule has 1 fully saturated rings. The predicted molar refractivity (Wildman–Crippen MR) is 101 cm³/mol. The van der Waals surface area contributed by atoms with Gasteiger partial charge in [0.25, 0.3) is 11.8 Å². The van der Waals surface area contributed by atoms with Crippen LogP contribution >= 0.6 is 22.9 Å². The molecule has 0 bridgehead atoms. The normalized spacial score (nSPS) is 18.0. The second-order valence-electron chi connectivity index (χ2n) is 6.22. The Morgan fingerprint density at radius 3 is 2.48 bits per heavy atom. The monoisotopic (exact) mass is 372 g/mol.